The predicted molar refractivity (Wildman–Crippen MR) is 143 cm³/mol. The molecule has 1 unspecified atom stereocenters. The average molecular weight is 569 g/mol. The summed E-state index contributed by atoms with van der Waals surface area (Å²) in [6, 6.07) is 18.6. The Morgan fingerprint density at radius 1 is 0.872 bits per heavy atom. The second-order valence-corrected chi connectivity index (χ2v) is 11.3. The van der Waals surface area contributed by atoms with Crippen LogP contribution in [0.5, 0.6) is 5.75 Å². The summed E-state index contributed by atoms with van der Waals surface area (Å²) < 4.78 is 63.1. The molecule has 14 heteroatoms. The molecule has 4 rings (SSSR count). The van der Waals surface area contributed by atoms with Crippen molar-refractivity contribution in [3.63, 3.8) is 0 Å². The van der Waals surface area contributed by atoms with Crippen molar-refractivity contribution in [2.24, 2.45) is 15.2 Å². The molecule has 200 valence electrons. The molecule has 0 radical (unpaired) electrons. The maximum Gasteiger partial charge on any atom is 0.339 e. The van der Waals surface area contributed by atoms with Gasteiger partial charge in [-0.15, -0.1) is 0 Å². The third-order valence-corrected chi connectivity index (χ3v) is 7.62. The normalized spacial score (nSPS) is 16.8. The van der Waals surface area contributed by atoms with E-state index in [4.69, 9.17) is 4.18 Å². The van der Waals surface area contributed by atoms with E-state index in [1.165, 1.54) is 30.3 Å². The first-order valence-electron chi connectivity index (χ1n) is 11.1. The number of benzene rings is 3. The minimum absolute atomic E-state index is 0.0348. The van der Waals surface area contributed by atoms with Crippen molar-refractivity contribution in [3.05, 3.63) is 112 Å². The second-order valence-electron chi connectivity index (χ2n) is 8.17. The summed E-state index contributed by atoms with van der Waals surface area (Å²) in [6.45, 7) is 1.67. The van der Waals surface area contributed by atoms with E-state index in [-0.39, 0.29) is 16.4 Å². The number of hydrogen-bond donors (Lipinski definition) is 1. The molecule has 0 heterocycles. The third kappa shape index (κ3) is 6.87. The molecule has 0 aliphatic heterocycles. The zero-order valence-corrected chi connectivity index (χ0v) is 21.8. The molecule has 0 aromatic heterocycles. The number of aryl methyl sites for hydroxylation is 1. The Balaban J connectivity index is 1.48. The maximum atomic E-state index is 12.5. The van der Waals surface area contributed by atoms with Gasteiger partial charge in [0.15, 0.2) is 5.25 Å². The molecule has 0 fully saturated rings. The Morgan fingerprint density at radius 2 is 1.49 bits per heavy atom. The lowest BCUT2D eigenvalue weighted by Gasteiger charge is -2.13. The van der Waals surface area contributed by atoms with Gasteiger partial charge in [-0.25, -0.2) is 0 Å². The zero-order valence-electron chi connectivity index (χ0n) is 20.1. The van der Waals surface area contributed by atoms with E-state index in [0.717, 1.165) is 18.2 Å². The lowest BCUT2D eigenvalue weighted by atomic mass is 10.1. The summed E-state index contributed by atoms with van der Waals surface area (Å²) in [7, 11) is -8.67. The van der Waals surface area contributed by atoms with Crippen LogP contribution in [0.15, 0.2) is 117 Å². The van der Waals surface area contributed by atoms with E-state index in [1.807, 2.05) is 0 Å². The van der Waals surface area contributed by atoms with Crippen LogP contribution in [0.1, 0.15) is 5.56 Å². The van der Waals surface area contributed by atoms with Crippen LogP contribution in [0, 0.1) is 17.0 Å². The van der Waals surface area contributed by atoms with Crippen LogP contribution in [0.25, 0.3) is 0 Å². The molecule has 0 spiro atoms. The fourth-order valence-corrected chi connectivity index (χ4v) is 5.18. The summed E-state index contributed by atoms with van der Waals surface area (Å²) in [5.41, 5.74) is 1.16. The quantitative estimate of drug-likeness (QED) is 0.126. The monoisotopic (exact) mass is 568 g/mol. The Bertz CT molecular complexity index is 1750. The largest absolute Gasteiger partial charge is 0.379 e. The Hall–Kier alpha value is -4.53. The van der Waals surface area contributed by atoms with Gasteiger partial charge in [-0.3, -0.25) is 19.7 Å². The summed E-state index contributed by atoms with van der Waals surface area (Å²) in [5.74, 6) is 0.154. The van der Waals surface area contributed by atoms with Crippen molar-refractivity contribution in [3.8, 4) is 5.75 Å². The van der Waals surface area contributed by atoms with Crippen LogP contribution >= 0.6 is 0 Å². The Morgan fingerprint density at radius 3 is 2.10 bits per heavy atom. The van der Waals surface area contributed by atoms with Crippen LogP contribution in [-0.2, 0) is 20.2 Å². The molecule has 0 bridgehead atoms. The summed E-state index contributed by atoms with van der Waals surface area (Å²) in [6.07, 6.45) is 3.07. The number of rotatable bonds is 8. The molecule has 0 saturated carbocycles. The van der Waals surface area contributed by atoms with Crippen LogP contribution in [0.4, 0.5) is 17.1 Å². The molecule has 1 aliphatic rings. The highest BCUT2D eigenvalue weighted by molar-refractivity contribution is 7.87. The van der Waals surface area contributed by atoms with E-state index < -0.39 is 36.1 Å². The highest BCUT2D eigenvalue weighted by Crippen LogP contribution is 2.29. The van der Waals surface area contributed by atoms with Gasteiger partial charge < -0.3 is 4.18 Å². The molecular formula is C25H20N4O8S2. The summed E-state index contributed by atoms with van der Waals surface area (Å²) >= 11 is 0. The van der Waals surface area contributed by atoms with Crippen LogP contribution in [0.3, 0.4) is 0 Å². The van der Waals surface area contributed by atoms with Gasteiger partial charge in [0.1, 0.15) is 10.6 Å². The van der Waals surface area contributed by atoms with Crippen LogP contribution in [-0.4, -0.2) is 37.3 Å². The number of hydrogen-bond acceptors (Lipinski definition) is 10. The van der Waals surface area contributed by atoms with E-state index in [2.05, 4.69) is 15.2 Å². The first-order chi connectivity index (χ1) is 18.4. The van der Waals surface area contributed by atoms with E-state index in [1.54, 1.807) is 49.4 Å². The molecule has 0 amide bonds. The molecule has 3 aromatic carbocycles. The van der Waals surface area contributed by atoms with E-state index in [9.17, 15) is 31.5 Å². The topological polar surface area (TPSA) is 178 Å². The smallest absolute Gasteiger partial charge is 0.339 e. The maximum absolute atomic E-state index is 12.5. The standard InChI is InChI=1S/C25H20N4O8S2/c1-17-15-20(11-14-24(17)37-39(35,36)22-5-3-2-4-6-22)28-27-19-9-7-18(8-10-19)26-23-13-12-21(29(30)31)16-25(23)38(32,33)34/h2-16,25H,1H3,(H,32,33,34). The van der Waals surface area contributed by atoms with Crippen molar-refractivity contribution < 1.29 is 30.5 Å². The lowest BCUT2D eigenvalue weighted by molar-refractivity contribution is -0.419. The van der Waals surface area contributed by atoms with Crippen LogP contribution < -0.4 is 4.18 Å². The van der Waals surface area contributed by atoms with Crippen molar-refractivity contribution in [1.82, 2.24) is 0 Å². The fraction of sp³-hybridized carbons (Fsp3) is 0.0800. The summed E-state index contributed by atoms with van der Waals surface area (Å²) in [4.78, 5) is 14.4. The highest BCUT2D eigenvalue weighted by Gasteiger charge is 2.31. The van der Waals surface area contributed by atoms with Crippen molar-refractivity contribution in [2.75, 3.05) is 0 Å². The van der Waals surface area contributed by atoms with Crippen molar-refractivity contribution >= 4 is 43.0 Å². The van der Waals surface area contributed by atoms with Gasteiger partial charge in [-0.2, -0.15) is 27.1 Å². The average Bonchev–Trinajstić information content (AvgIpc) is 2.89. The Labute approximate surface area is 223 Å². The molecule has 1 atom stereocenters. The van der Waals surface area contributed by atoms with Gasteiger partial charge in [0.25, 0.3) is 15.8 Å². The first-order valence-corrected chi connectivity index (χ1v) is 14.0. The van der Waals surface area contributed by atoms with Crippen molar-refractivity contribution in [2.45, 2.75) is 17.1 Å². The SMILES string of the molecule is Cc1cc(N=Nc2ccc(N=C3C=CC([N+](=O)[O-])=CC3S(=O)(=O)O)cc2)ccc1OS(=O)(=O)c1ccccc1. The zero-order chi connectivity index (χ0) is 28.2. The molecule has 3 aromatic rings. The summed E-state index contributed by atoms with van der Waals surface area (Å²) in [5, 5.41) is 17.5. The van der Waals surface area contributed by atoms with Gasteiger partial charge in [-0.1, -0.05) is 18.2 Å². The second kappa shape index (κ2) is 11.1. The number of aliphatic imine (C=N–C) groups is 1. The molecule has 39 heavy (non-hydrogen) atoms. The van der Waals surface area contributed by atoms with Gasteiger partial charge >= 0.3 is 10.1 Å². The first kappa shape index (κ1) is 27.5. The third-order valence-electron chi connectivity index (χ3n) is 5.35. The minimum atomic E-state index is -4.68. The van der Waals surface area contributed by atoms with Gasteiger partial charge in [0, 0.05) is 12.2 Å². The number of allylic oxidation sites excluding steroid dienone is 2. The highest BCUT2D eigenvalue weighted by atomic mass is 32.2. The molecule has 1 N–H and O–H groups in total. The fourth-order valence-electron chi connectivity index (χ4n) is 3.42. The number of nitro groups is 1. The molecular weight excluding hydrogens is 548 g/mol. The molecule has 0 saturated heterocycles. The van der Waals surface area contributed by atoms with Gasteiger partial charge in [0.05, 0.1) is 27.7 Å². The molecule has 12 nitrogen and oxygen atoms in total. The van der Waals surface area contributed by atoms with Gasteiger partial charge in [0.2, 0.25) is 0 Å². The van der Waals surface area contributed by atoms with Crippen LogP contribution in [0.2, 0.25) is 0 Å². The number of azo groups is 1. The lowest BCUT2D eigenvalue weighted by Crippen LogP contribution is -2.29. The van der Waals surface area contributed by atoms with Gasteiger partial charge in [-0.05, 0) is 73.2 Å². The Kier molecular flexibility index (Phi) is 7.80. The van der Waals surface area contributed by atoms with E-state index in [0.29, 0.717) is 22.6 Å². The van der Waals surface area contributed by atoms with E-state index >= 15 is 0 Å². The predicted octanol–water partition coefficient (Wildman–Crippen LogP) is 5.24. The van der Waals surface area contributed by atoms with Crippen molar-refractivity contribution in [1.29, 1.82) is 0 Å². The molecule has 1 aliphatic carbocycles. The minimum Gasteiger partial charge on any atom is -0.379 e. The number of nitrogens with zero attached hydrogens (tertiary/aromatic N) is 4.